The zero-order valence-corrected chi connectivity index (χ0v) is 11.4. The minimum atomic E-state index is 0.592. The molecule has 1 heterocycles. The van der Waals surface area contributed by atoms with Crippen molar-refractivity contribution in [2.45, 2.75) is 52.0 Å². The number of likely N-dealkylation sites (N-methyl/N-ethyl adjacent to an activating group) is 1. The summed E-state index contributed by atoms with van der Waals surface area (Å²) in [4.78, 5) is 4.07. The zero-order chi connectivity index (χ0) is 12.5. The Kier molecular flexibility index (Phi) is 6.87. The van der Waals surface area contributed by atoms with E-state index in [-0.39, 0.29) is 0 Å². The first-order chi connectivity index (χ1) is 8.31. The average Bonchev–Trinajstić information content (AvgIpc) is 2.39. The summed E-state index contributed by atoms with van der Waals surface area (Å²) in [7, 11) is 2.08. The van der Waals surface area contributed by atoms with Crippen LogP contribution in [-0.2, 0) is 6.42 Å². The molecule has 2 nitrogen and oxygen atoms in total. The molecule has 0 aromatic carbocycles. The molecule has 1 N–H and O–H groups in total. The molecule has 1 aromatic heterocycles. The molecule has 1 aromatic rings. The van der Waals surface area contributed by atoms with Crippen LogP contribution in [-0.4, -0.2) is 18.1 Å². The van der Waals surface area contributed by atoms with Crippen molar-refractivity contribution in [1.82, 2.24) is 10.3 Å². The van der Waals surface area contributed by atoms with Gasteiger partial charge in [-0.25, -0.2) is 0 Å². The summed E-state index contributed by atoms with van der Waals surface area (Å²) in [6.45, 7) is 4.57. The lowest BCUT2D eigenvalue weighted by atomic mass is 9.88. The highest BCUT2D eigenvalue weighted by molar-refractivity contribution is 5.11. The van der Waals surface area contributed by atoms with Crippen molar-refractivity contribution in [3.8, 4) is 0 Å². The average molecular weight is 234 g/mol. The summed E-state index contributed by atoms with van der Waals surface area (Å²) in [5, 5.41) is 3.49. The van der Waals surface area contributed by atoms with Crippen LogP contribution in [0.25, 0.3) is 0 Å². The van der Waals surface area contributed by atoms with Crippen LogP contribution in [0.4, 0.5) is 0 Å². The lowest BCUT2D eigenvalue weighted by molar-refractivity contribution is 0.330. The van der Waals surface area contributed by atoms with E-state index in [9.17, 15) is 0 Å². The minimum Gasteiger partial charge on any atom is -0.316 e. The lowest BCUT2D eigenvalue weighted by Crippen LogP contribution is -2.35. The number of hydrogen-bond donors (Lipinski definition) is 1. The van der Waals surface area contributed by atoms with Crippen LogP contribution in [0, 0.1) is 5.92 Å². The summed E-state index contributed by atoms with van der Waals surface area (Å²) >= 11 is 0. The number of pyridine rings is 1. The third-order valence-corrected chi connectivity index (χ3v) is 3.60. The van der Waals surface area contributed by atoms with Crippen LogP contribution in [0.2, 0.25) is 0 Å². The van der Waals surface area contributed by atoms with E-state index in [1.54, 1.807) is 0 Å². The van der Waals surface area contributed by atoms with Gasteiger partial charge in [-0.15, -0.1) is 0 Å². The van der Waals surface area contributed by atoms with Gasteiger partial charge in [-0.1, -0.05) is 33.1 Å². The molecule has 0 radical (unpaired) electrons. The Morgan fingerprint density at radius 3 is 2.47 bits per heavy atom. The third kappa shape index (κ3) is 4.86. The SMILES string of the molecule is CCCCC(CC)C(Cc1ccncc1)NC. The number of rotatable bonds is 8. The molecule has 0 saturated heterocycles. The van der Waals surface area contributed by atoms with Crippen molar-refractivity contribution >= 4 is 0 Å². The number of hydrogen-bond acceptors (Lipinski definition) is 2. The van der Waals surface area contributed by atoms with E-state index in [0.717, 1.165) is 12.3 Å². The second-order valence-electron chi connectivity index (χ2n) is 4.77. The molecule has 0 aliphatic carbocycles. The second kappa shape index (κ2) is 8.24. The summed E-state index contributed by atoms with van der Waals surface area (Å²) in [5.41, 5.74) is 1.38. The zero-order valence-electron chi connectivity index (χ0n) is 11.4. The molecule has 0 amide bonds. The number of nitrogens with zero attached hydrogens (tertiary/aromatic N) is 1. The van der Waals surface area contributed by atoms with Gasteiger partial charge in [0.15, 0.2) is 0 Å². The van der Waals surface area contributed by atoms with Crippen molar-refractivity contribution < 1.29 is 0 Å². The topological polar surface area (TPSA) is 24.9 Å². The molecule has 0 bridgehead atoms. The standard InChI is InChI=1S/C15H26N2/c1-4-6-7-14(5-2)15(16-3)12-13-8-10-17-11-9-13/h8-11,14-16H,4-7,12H2,1-3H3. The first-order valence-corrected chi connectivity index (χ1v) is 6.87. The van der Waals surface area contributed by atoms with Gasteiger partial charge < -0.3 is 5.32 Å². The number of nitrogens with one attached hydrogen (secondary N) is 1. The molecule has 0 aliphatic rings. The Bertz CT molecular complexity index is 284. The first kappa shape index (κ1) is 14.2. The molecule has 2 heteroatoms. The molecule has 0 saturated carbocycles. The Balaban J connectivity index is 2.56. The van der Waals surface area contributed by atoms with E-state index in [1.165, 1.54) is 31.2 Å². The fourth-order valence-corrected chi connectivity index (χ4v) is 2.43. The normalized spacial score (nSPS) is 14.5. The molecule has 0 aliphatic heterocycles. The van der Waals surface area contributed by atoms with Gasteiger partial charge in [0.25, 0.3) is 0 Å². The Labute approximate surface area is 106 Å². The lowest BCUT2D eigenvalue weighted by Gasteiger charge is -2.26. The Morgan fingerprint density at radius 1 is 1.24 bits per heavy atom. The highest BCUT2D eigenvalue weighted by Gasteiger charge is 2.17. The van der Waals surface area contributed by atoms with E-state index in [4.69, 9.17) is 0 Å². The maximum absolute atomic E-state index is 4.07. The van der Waals surface area contributed by atoms with E-state index < -0.39 is 0 Å². The van der Waals surface area contributed by atoms with Crippen LogP contribution >= 0.6 is 0 Å². The minimum absolute atomic E-state index is 0.592. The molecule has 0 spiro atoms. The quantitative estimate of drug-likeness (QED) is 0.745. The van der Waals surface area contributed by atoms with Crippen molar-refractivity contribution in [3.05, 3.63) is 30.1 Å². The van der Waals surface area contributed by atoms with Gasteiger partial charge in [-0.2, -0.15) is 0 Å². The molecule has 1 rings (SSSR count). The van der Waals surface area contributed by atoms with Crippen molar-refractivity contribution in [3.63, 3.8) is 0 Å². The van der Waals surface area contributed by atoms with Gasteiger partial charge in [0.1, 0.15) is 0 Å². The third-order valence-electron chi connectivity index (χ3n) is 3.60. The van der Waals surface area contributed by atoms with Gasteiger partial charge in [0.2, 0.25) is 0 Å². The van der Waals surface area contributed by atoms with Gasteiger partial charge >= 0.3 is 0 Å². The van der Waals surface area contributed by atoms with Gasteiger partial charge in [0.05, 0.1) is 0 Å². The van der Waals surface area contributed by atoms with Crippen LogP contribution < -0.4 is 5.32 Å². The predicted octanol–water partition coefficient (Wildman–Crippen LogP) is 3.43. The maximum atomic E-state index is 4.07. The van der Waals surface area contributed by atoms with Crippen molar-refractivity contribution in [1.29, 1.82) is 0 Å². The van der Waals surface area contributed by atoms with Crippen LogP contribution in [0.1, 0.15) is 45.1 Å². The van der Waals surface area contributed by atoms with Crippen molar-refractivity contribution in [2.75, 3.05) is 7.05 Å². The monoisotopic (exact) mass is 234 g/mol. The Morgan fingerprint density at radius 2 is 1.94 bits per heavy atom. The Hall–Kier alpha value is -0.890. The van der Waals surface area contributed by atoms with Crippen LogP contribution in [0.15, 0.2) is 24.5 Å². The number of unbranched alkanes of at least 4 members (excludes halogenated alkanes) is 1. The summed E-state index contributed by atoms with van der Waals surface area (Å²) in [6, 6.07) is 4.84. The van der Waals surface area contributed by atoms with Gasteiger partial charge in [0, 0.05) is 18.4 Å². The first-order valence-electron chi connectivity index (χ1n) is 6.87. The summed E-state index contributed by atoms with van der Waals surface area (Å²) < 4.78 is 0. The molecule has 2 atom stereocenters. The van der Waals surface area contributed by atoms with Crippen LogP contribution in [0.5, 0.6) is 0 Å². The highest BCUT2D eigenvalue weighted by atomic mass is 14.9. The summed E-state index contributed by atoms with van der Waals surface area (Å²) in [6.07, 6.45) is 10.1. The molecule has 0 fully saturated rings. The fraction of sp³-hybridized carbons (Fsp3) is 0.667. The van der Waals surface area contributed by atoms with E-state index in [2.05, 4.69) is 43.3 Å². The van der Waals surface area contributed by atoms with E-state index >= 15 is 0 Å². The molecule has 17 heavy (non-hydrogen) atoms. The maximum Gasteiger partial charge on any atom is 0.0270 e. The summed E-state index contributed by atoms with van der Waals surface area (Å²) in [5.74, 6) is 0.785. The van der Waals surface area contributed by atoms with Gasteiger partial charge in [-0.3, -0.25) is 4.98 Å². The molecular formula is C15H26N2. The fourth-order valence-electron chi connectivity index (χ4n) is 2.43. The predicted molar refractivity (Wildman–Crippen MR) is 74.1 cm³/mol. The largest absolute Gasteiger partial charge is 0.316 e. The number of aromatic nitrogens is 1. The van der Waals surface area contributed by atoms with Gasteiger partial charge in [-0.05, 0) is 43.5 Å². The molecular weight excluding hydrogens is 208 g/mol. The van der Waals surface area contributed by atoms with E-state index in [1.807, 2.05) is 12.4 Å². The van der Waals surface area contributed by atoms with Crippen LogP contribution in [0.3, 0.4) is 0 Å². The van der Waals surface area contributed by atoms with Crippen molar-refractivity contribution in [2.24, 2.45) is 5.92 Å². The highest BCUT2D eigenvalue weighted by Crippen LogP contribution is 2.19. The molecule has 2 unspecified atom stereocenters. The molecule has 96 valence electrons. The second-order valence-corrected chi connectivity index (χ2v) is 4.77. The van der Waals surface area contributed by atoms with E-state index in [0.29, 0.717) is 6.04 Å². The smallest absolute Gasteiger partial charge is 0.0270 e.